The fourth-order valence-corrected chi connectivity index (χ4v) is 2.75. The highest BCUT2D eigenvalue weighted by Crippen LogP contribution is 2.39. The normalized spacial score (nSPS) is 11.7. The molecule has 0 aliphatic carbocycles. The van der Waals surface area contributed by atoms with E-state index < -0.39 is 11.6 Å². The first-order chi connectivity index (χ1) is 11.3. The largest absolute Gasteiger partial charge is 0.236 e. The standard InChI is InChI=1S/C19H16N2O2/c1-2-9-18(20-14-22)19(21-15-23,16-10-5-3-6-11-16)17-12-7-4-8-13-17/h2-8,10-13,18H,1,9H2. The summed E-state index contributed by atoms with van der Waals surface area (Å²) in [7, 11) is 0. The molecule has 0 saturated carbocycles. The third-order valence-electron chi connectivity index (χ3n) is 3.73. The second-order valence-electron chi connectivity index (χ2n) is 4.96. The van der Waals surface area contributed by atoms with E-state index >= 15 is 0 Å². The van der Waals surface area contributed by atoms with Crippen LogP contribution in [0.5, 0.6) is 0 Å². The third-order valence-corrected chi connectivity index (χ3v) is 3.73. The van der Waals surface area contributed by atoms with E-state index in [2.05, 4.69) is 16.6 Å². The molecule has 0 spiro atoms. The summed E-state index contributed by atoms with van der Waals surface area (Å²) < 4.78 is 0. The van der Waals surface area contributed by atoms with Crippen molar-refractivity contribution in [2.75, 3.05) is 0 Å². The van der Waals surface area contributed by atoms with Crippen molar-refractivity contribution in [1.82, 2.24) is 0 Å². The van der Waals surface area contributed by atoms with Crippen LogP contribution >= 0.6 is 0 Å². The average Bonchev–Trinajstić information content (AvgIpc) is 2.61. The Hall–Kier alpha value is -3.06. The molecule has 4 heteroatoms. The highest BCUT2D eigenvalue weighted by Gasteiger charge is 2.42. The predicted molar refractivity (Wildman–Crippen MR) is 88.5 cm³/mol. The topological polar surface area (TPSA) is 58.9 Å². The van der Waals surface area contributed by atoms with Crippen molar-refractivity contribution in [1.29, 1.82) is 0 Å². The van der Waals surface area contributed by atoms with Gasteiger partial charge in [-0.15, -0.1) is 6.58 Å². The molecule has 2 aromatic carbocycles. The zero-order valence-corrected chi connectivity index (χ0v) is 12.6. The summed E-state index contributed by atoms with van der Waals surface area (Å²) in [5.41, 5.74) is 0.358. The van der Waals surface area contributed by atoms with Gasteiger partial charge in [0, 0.05) is 0 Å². The lowest BCUT2D eigenvalue weighted by molar-refractivity contribution is 0.419. The minimum absolute atomic E-state index is 0.365. The van der Waals surface area contributed by atoms with Gasteiger partial charge in [-0.2, -0.15) is 9.98 Å². The minimum Gasteiger partial charge on any atom is -0.211 e. The quantitative estimate of drug-likeness (QED) is 0.446. The molecule has 0 heterocycles. The molecule has 0 aliphatic rings. The Labute approximate surface area is 134 Å². The summed E-state index contributed by atoms with van der Waals surface area (Å²) in [6.45, 7) is 3.71. The molecule has 114 valence electrons. The lowest BCUT2D eigenvalue weighted by Gasteiger charge is -2.34. The van der Waals surface area contributed by atoms with E-state index in [1.54, 1.807) is 18.2 Å². The van der Waals surface area contributed by atoms with Crippen LogP contribution in [0.4, 0.5) is 0 Å². The summed E-state index contributed by atoms with van der Waals surface area (Å²) in [6, 6.07) is 17.9. The van der Waals surface area contributed by atoms with E-state index in [1.807, 2.05) is 60.7 Å². The summed E-state index contributed by atoms with van der Waals surface area (Å²) in [5.74, 6) is 0. The molecule has 0 radical (unpaired) electrons. The zero-order chi connectivity index (χ0) is 16.5. The lowest BCUT2D eigenvalue weighted by Crippen LogP contribution is -2.38. The maximum absolute atomic E-state index is 11.2. The van der Waals surface area contributed by atoms with Crippen molar-refractivity contribution in [2.45, 2.75) is 18.0 Å². The Morgan fingerprint density at radius 2 is 1.48 bits per heavy atom. The lowest BCUT2D eigenvalue weighted by atomic mass is 9.76. The molecule has 1 atom stereocenters. The van der Waals surface area contributed by atoms with Crippen LogP contribution < -0.4 is 0 Å². The Morgan fingerprint density at radius 1 is 0.957 bits per heavy atom. The van der Waals surface area contributed by atoms with Gasteiger partial charge in [-0.05, 0) is 17.5 Å². The molecule has 0 aliphatic heterocycles. The number of hydrogen-bond acceptors (Lipinski definition) is 4. The molecule has 0 amide bonds. The first-order valence-corrected chi connectivity index (χ1v) is 7.17. The van der Waals surface area contributed by atoms with Gasteiger partial charge in [-0.3, -0.25) is 0 Å². The fraction of sp³-hybridized carbons (Fsp3) is 0.158. The molecule has 23 heavy (non-hydrogen) atoms. The molecule has 0 saturated heterocycles. The second-order valence-corrected chi connectivity index (χ2v) is 4.96. The molecule has 0 bridgehead atoms. The zero-order valence-electron chi connectivity index (χ0n) is 12.6. The number of nitrogens with zero attached hydrogens (tertiary/aromatic N) is 2. The van der Waals surface area contributed by atoms with Crippen molar-refractivity contribution in [2.24, 2.45) is 9.98 Å². The molecular weight excluding hydrogens is 288 g/mol. The first-order valence-electron chi connectivity index (χ1n) is 7.17. The fourth-order valence-electron chi connectivity index (χ4n) is 2.75. The number of carbonyl (C=O) groups excluding carboxylic acids is 2. The van der Waals surface area contributed by atoms with Gasteiger partial charge in [0.1, 0.15) is 11.6 Å². The molecule has 2 aromatic rings. The highest BCUT2D eigenvalue weighted by molar-refractivity contribution is 5.48. The van der Waals surface area contributed by atoms with Gasteiger partial charge in [0.2, 0.25) is 12.2 Å². The van der Waals surface area contributed by atoms with Gasteiger partial charge in [-0.1, -0.05) is 66.7 Å². The van der Waals surface area contributed by atoms with Crippen molar-refractivity contribution >= 4 is 12.2 Å². The monoisotopic (exact) mass is 304 g/mol. The van der Waals surface area contributed by atoms with Crippen molar-refractivity contribution < 1.29 is 9.59 Å². The Morgan fingerprint density at radius 3 is 1.87 bits per heavy atom. The highest BCUT2D eigenvalue weighted by atomic mass is 16.1. The van der Waals surface area contributed by atoms with Crippen molar-refractivity contribution in [3.63, 3.8) is 0 Å². The van der Waals surface area contributed by atoms with Gasteiger partial charge < -0.3 is 0 Å². The van der Waals surface area contributed by atoms with E-state index in [4.69, 9.17) is 0 Å². The van der Waals surface area contributed by atoms with Crippen molar-refractivity contribution in [3.05, 3.63) is 84.4 Å². The van der Waals surface area contributed by atoms with Crippen LogP contribution in [0, 0.1) is 0 Å². The number of rotatable bonds is 7. The summed E-state index contributed by atoms with van der Waals surface area (Å²) in [4.78, 5) is 30.2. The second kappa shape index (κ2) is 7.81. The van der Waals surface area contributed by atoms with Gasteiger partial charge in [-0.25, -0.2) is 9.59 Å². The molecule has 0 fully saturated rings. The van der Waals surface area contributed by atoms with Crippen molar-refractivity contribution in [3.8, 4) is 0 Å². The summed E-state index contributed by atoms with van der Waals surface area (Å²) in [5, 5.41) is 0. The summed E-state index contributed by atoms with van der Waals surface area (Å²) >= 11 is 0. The van der Waals surface area contributed by atoms with Crippen LogP contribution in [-0.4, -0.2) is 18.2 Å². The van der Waals surface area contributed by atoms with E-state index in [0.29, 0.717) is 6.42 Å². The number of aliphatic imine (C=N–C) groups is 2. The Bertz CT molecular complexity index is 704. The molecular formula is C19H16N2O2. The van der Waals surface area contributed by atoms with E-state index in [1.165, 1.54) is 0 Å². The Kier molecular flexibility index (Phi) is 5.54. The molecule has 0 aromatic heterocycles. The van der Waals surface area contributed by atoms with Crippen LogP contribution in [-0.2, 0) is 15.1 Å². The molecule has 0 N–H and O–H groups in total. The Balaban J connectivity index is 2.82. The smallest absolute Gasteiger partial charge is 0.211 e. The minimum atomic E-state index is -1.14. The van der Waals surface area contributed by atoms with E-state index in [9.17, 15) is 9.59 Å². The van der Waals surface area contributed by atoms with Crippen LogP contribution in [0.1, 0.15) is 17.5 Å². The maximum Gasteiger partial charge on any atom is 0.236 e. The van der Waals surface area contributed by atoms with Crippen LogP contribution in [0.25, 0.3) is 0 Å². The number of hydrogen-bond donors (Lipinski definition) is 0. The third kappa shape index (κ3) is 3.24. The summed E-state index contributed by atoms with van der Waals surface area (Å²) in [6.07, 6.45) is 5.26. The first kappa shape index (κ1) is 16.3. The molecule has 2 rings (SSSR count). The molecule has 4 nitrogen and oxygen atoms in total. The number of isocyanates is 2. The van der Waals surface area contributed by atoms with Gasteiger partial charge in [0.25, 0.3) is 0 Å². The van der Waals surface area contributed by atoms with E-state index in [-0.39, 0.29) is 0 Å². The van der Waals surface area contributed by atoms with Crippen LogP contribution in [0.2, 0.25) is 0 Å². The predicted octanol–water partition coefficient (Wildman–Crippen LogP) is 3.55. The maximum atomic E-state index is 11.2. The van der Waals surface area contributed by atoms with Gasteiger partial charge in [0.05, 0.1) is 0 Å². The van der Waals surface area contributed by atoms with Gasteiger partial charge in [0.15, 0.2) is 0 Å². The van der Waals surface area contributed by atoms with Crippen LogP contribution in [0.15, 0.2) is 83.3 Å². The average molecular weight is 304 g/mol. The molecule has 1 unspecified atom stereocenters. The SMILES string of the molecule is C=CCC(N=C=O)C(N=C=O)(c1ccccc1)c1ccccc1. The van der Waals surface area contributed by atoms with Crippen LogP contribution in [0.3, 0.4) is 0 Å². The van der Waals surface area contributed by atoms with Gasteiger partial charge >= 0.3 is 0 Å². The number of benzene rings is 2. The van der Waals surface area contributed by atoms with E-state index in [0.717, 1.165) is 11.1 Å².